The summed E-state index contributed by atoms with van der Waals surface area (Å²) in [4.78, 5) is 17.8. The van der Waals surface area contributed by atoms with Gasteiger partial charge in [-0.25, -0.2) is 4.98 Å². The number of methoxy groups -OCH3 is 1. The fourth-order valence-corrected chi connectivity index (χ4v) is 3.73. The van der Waals surface area contributed by atoms with Crippen LogP contribution in [0.25, 0.3) is 10.9 Å². The highest BCUT2D eigenvalue weighted by atomic mass is 79.9. The van der Waals surface area contributed by atoms with Crippen molar-refractivity contribution < 1.29 is 9.84 Å². The van der Waals surface area contributed by atoms with Gasteiger partial charge < -0.3 is 9.84 Å². The number of phenols is 1. The van der Waals surface area contributed by atoms with E-state index in [1.54, 1.807) is 12.1 Å². The average Bonchev–Trinajstić information content (AvgIpc) is 2.72. The third kappa shape index (κ3) is 4.20. The normalized spacial score (nSPS) is 12.6. The fourth-order valence-electron chi connectivity index (χ4n) is 2.76. The molecule has 3 aromatic rings. The van der Waals surface area contributed by atoms with Crippen molar-refractivity contribution in [2.45, 2.75) is 26.2 Å². The lowest BCUT2D eigenvalue weighted by Crippen LogP contribution is -2.23. The Hall–Kier alpha value is -1.90. The number of aromatic hydroxyl groups is 1. The number of benzene rings is 2. The predicted octanol–water partition coefficient (Wildman–Crippen LogP) is 5.68. The van der Waals surface area contributed by atoms with Crippen LogP contribution in [0, 0.1) is 0 Å². The van der Waals surface area contributed by atoms with Gasteiger partial charge in [-0.2, -0.15) is 9.78 Å². The number of halogens is 3. The first kappa shape index (κ1) is 21.8. The standard InChI is InChI=1S/C20H18Br2ClN3O3/c1-4-10(2)19-25-14-6-5-12(21)8-13(14)20(28)26(19)24-9-11-7-15(29-3)18(27)17(23)16(11)22/h5-10,27H,4H2,1-3H3/t10-/m1/s1. The molecule has 1 heterocycles. The van der Waals surface area contributed by atoms with E-state index >= 15 is 0 Å². The summed E-state index contributed by atoms with van der Waals surface area (Å²) in [7, 11) is 1.43. The van der Waals surface area contributed by atoms with Crippen molar-refractivity contribution >= 4 is 60.6 Å². The van der Waals surface area contributed by atoms with E-state index in [-0.39, 0.29) is 28.0 Å². The Balaban J connectivity index is 2.23. The first-order valence-corrected chi connectivity index (χ1v) is 10.8. The number of hydrogen-bond acceptors (Lipinski definition) is 5. The Kier molecular flexibility index (Phi) is 6.65. The van der Waals surface area contributed by atoms with Gasteiger partial charge in [-0.05, 0) is 46.6 Å². The smallest absolute Gasteiger partial charge is 0.282 e. The first-order chi connectivity index (χ1) is 13.8. The van der Waals surface area contributed by atoms with Crippen LogP contribution in [0.1, 0.15) is 37.6 Å². The predicted molar refractivity (Wildman–Crippen MR) is 123 cm³/mol. The van der Waals surface area contributed by atoms with Crippen LogP contribution in [-0.2, 0) is 0 Å². The number of ether oxygens (including phenoxy) is 1. The summed E-state index contributed by atoms with van der Waals surface area (Å²) in [5.41, 5.74) is 0.896. The molecule has 9 heteroatoms. The average molecular weight is 544 g/mol. The van der Waals surface area contributed by atoms with Crippen molar-refractivity contribution in [2.24, 2.45) is 5.10 Å². The summed E-state index contributed by atoms with van der Waals surface area (Å²) >= 11 is 12.9. The lowest BCUT2D eigenvalue weighted by atomic mass is 10.1. The zero-order chi connectivity index (χ0) is 21.3. The molecule has 0 amide bonds. The van der Waals surface area contributed by atoms with Crippen LogP contribution in [-0.4, -0.2) is 28.1 Å². The largest absolute Gasteiger partial charge is 0.503 e. The molecule has 0 saturated carbocycles. The minimum atomic E-state index is -0.268. The molecule has 29 heavy (non-hydrogen) atoms. The molecular formula is C20H18Br2ClN3O3. The van der Waals surface area contributed by atoms with Gasteiger partial charge in [0.15, 0.2) is 11.5 Å². The molecule has 1 N–H and O–H groups in total. The van der Waals surface area contributed by atoms with Gasteiger partial charge in [-0.3, -0.25) is 4.79 Å². The van der Waals surface area contributed by atoms with E-state index in [0.717, 1.165) is 10.9 Å². The monoisotopic (exact) mass is 541 g/mol. The fraction of sp³-hybridized carbons (Fsp3) is 0.250. The highest BCUT2D eigenvalue weighted by Crippen LogP contribution is 2.40. The number of aromatic nitrogens is 2. The third-order valence-electron chi connectivity index (χ3n) is 4.59. The molecule has 0 bridgehead atoms. The second-order valence-corrected chi connectivity index (χ2v) is 8.53. The molecule has 0 aliphatic heterocycles. The topological polar surface area (TPSA) is 76.7 Å². The number of rotatable bonds is 5. The molecule has 0 radical (unpaired) electrons. The van der Waals surface area contributed by atoms with E-state index in [1.807, 2.05) is 26.0 Å². The van der Waals surface area contributed by atoms with Crippen molar-refractivity contribution in [1.82, 2.24) is 9.66 Å². The lowest BCUT2D eigenvalue weighted by Gasteiger charge is -2.14. The molecule has 0 aliphatic rings. The summed E-state index contributed by atoms with van der Waals surface area (Å²) in [6.07, 6.45) is 2.28. The zero-order valence-electron chi connectivity index (χ0n) is 15.9. The van der Waals surface area contributed by atoms with Crippen molar-refractivity contribution in [2.75, 3.05) is 7.11 Å². The summed E-state index contributed by atoms with van der Waals surface area (Å²) < 4.78 is 7.68. The van der Waals surface area contributed by atoms with Gasteiger partial charge in [0.2, 0.25) is 0 Å². The van der Waals surface area contributed by atoms with Crippen LogP contribution in [0.2, 0.25) is 5.02 Å². The Morgan fingerprint density at radius 3 is 2.76 bits per heavy atom. The van der Waals surface area contributed by atoms with E-state index in [4.69, 9.17) is 16.3 Å². The molecule has 1 aromatic heterocycles. The number of nitrogens with zero attached hydrogens (tertiary/aromatic N) is 3. The van der Waals surface area contributed by atoms with Gasteiger partial charge >= 0.3 is 0 Å². The quantitative estimate of drug-likeness (QED) is 0.420. The van der Waals surface area contributed by atoms with Crippen molar-refractivity contribution in [3.63, 3.8) is 0 Å². The van der Waals surface area contributed by atoms with Gasteiger partial charge in [0.25, 0.3) is 5.56 Å². The number of phenolic OH excluding ortho intramolecular Hbond substituents is 1. The highest BCUT2D eigenvalue weighted by molar-refractivity contribution is 9.10. The molecule has 0 unspecified atom stereocenters. The van der Waals surface area contributed by atoms with Crippen molar-refractivity contribution in [3.05, 3.63) is 60.0 Å². The molecule has 0 aliphatic carbocycles. The van der Waals surface area contributed by atoms with Gasteiger partial charge in [-0.15, -0.1) is 0 Å². The van der Waals surface area contributed by atoms with Crippen LogP contribution >= 0.6 is 43.5 Å². The molecule has 0 fully saturated rings. The summed E-state index contributed by atoms with van der Waals surface area (Å²) in [6, 6.07) is 6.97. The van der Waals surface area contributed by atoms with E-state index in [0.29, 0.717) is 26.8 Å². The van der Waals surface area contributed by atoms with E-state index < -0.39 is 0 Å². The summed E-state index contributed by atoms with van der Waals surface area (Å²) in [5.74, 6) is 0.619. The maximum absolute atomic E-state index is 13.2. The molecule has 2 aromatic carbocycles. The molecule has 0 spiro atoms. The molecule has 3 rings (SSSR count). The number of fused-ring (bicyclic) bond motifs is 1. The zero-order valence-corrected chi connectivity index (χ0v) is 19.8. The maximum atomic E-state index is 13.2. The maximum Gasteiger partial charge on any atom is 0.282 e. The van der Waals surface area contributed by atoms with Gasteiger partial charge in [-0.1, -0.05) is 41.4 Å². The van der Waals surface area contributed by atoms with Crippen LogP contribution in [0.5, 0.6) is 11.5 Å². The van der Waals surface area contributed by atoms with E-state index in [1.165, 1.54) is 18.0 Å². The Labute approximate surface area is 189 Å². The molecule has 0 saturated heterocycles. The van der Waals surface area contributed by atoms with Crippen LogP contribution in [0.15, 0.2) is 43.1 Å². The minimum Gasteiger partial charge on any atom is -0.503 e. The Bertz CT molecular complexity index is 1180. The van der Waals surface area contributed by atoms with Crippen LogP contribution in [0.4, 0.5) is 0 Å². The van der Waals surface area contributed by atoms with Gasteiger partial charge in [0.1, 0.15) is 10.8 Å². The van der Waals surface area contributed by atoms with Crippen LogP contribution < -0.4 is 10.3 Å². The summed E-state index contributed by atoms with van der Waals surface area (Å²) in [5, 5.41) is 15.0. The third-order valence-corrected chi connectivity index (χ3v) is 6.54. The van der Waals surface area contributed by atoms with Crippen LogP contribution in [0.3, 0.4) is 0 Å². The minimum absolute atomic E-state index is 0.0225. The van der Waals surface area contributed by atoms with Gasteiger partial charge in [0.05, 0.1) is 24.2 Å². The second-order valence-electron chi connectivity index (χ2n) is 6.45. The summed E-state index contributed by atoms with van der Waals surface area (Å²) in [6.45, 7) is 4.02. The van der Waals surface area contributed by atoms with Gasteiger partial charge in [0, 0.05) is 20.4 Å². The molecule has 152 valence electrons. The number of hydrogen-bond donors (Lipinski definition) is 1. The van der Waals surface area contributed by atoms with E-state index in [9.17, 15) is 9.90 Å². The Morgan fingerprint density at radius 2 is 2.10 bits per heavy atom. The molecule has 6 nitrogen and oxygen atoms in total. The van der Waals surface area contributed by atoms with Crippen molar-refractivity contribution in [1.29, 1.82) is 0 Å². The SMILES string of the molecule is CC[C@@H](C)c1nc2ccc(Br)cc2c(=O)n1N=Cc1cc(OC)c(O)c(Cl)c1Br. The molecule has 1 atom stereocenters. The second kappa shape index (κ2) is 8.85. The van der Waals surface area contributed by atoms with Crippen molar-refractivity contribution in [3.8, 4) is 11.5 Å². The lowest BCUT2D eigenvalue weighted by molar-refractivity contribution is 0.373. The Morgan fingerprint density at radius 1 is 1.38 bits per heavy atom. The molecular weight excluding hydrogens is 525 g/mol. The first-order valence-electron chi connectivity index (χ1n) is 8.80. The van der Waals surface area contributed by atoms with E-state index in [2.05, 4.69) is 41.9 Å². The highest BCUT2D eigenvalue weighted by Gasteiger charge is 2.17.